The predicted octanol–water partition coefficient (Wildman–Crippen LogP) is 4.44. The first-order chi connectivity index (χ1) is 8.49. The van der Waals surface area contributed by atoms with Crippen LogP contribution in [-0.2, 0) is 12.6 Å². The summed E-state index contributed by atoms with van der Waals surface area (Å²) < 4.78 is 38.0. The van der Waals surface area contributed by atoms with Crippen molar-refractivity contribution in [1.82, 2.24) is 0 Å². The average molecular weight is 274 g/mol. The van der Waals surface area contributed by atoms with Gasteiger partial charge in [-0.25, -0.2) is 0 Å². The van der Waals surface area contributed by atoms with Gasteiger partial charge in [0.15, 0.2) is 0 Å². The minimum absolute atomic E-state index is 0.401. The number of hydrogen-bond acceptors (Lipinski definition) is 1. The molecule has 0 aliphatic rings. The molecule has 1 N–H and O–H groups in total. The van der Waals surface area contributed by atoms with E-state index in [1.54, 1.807) is 13.0 Å². The topological polar surface area (TPSA) is 20.2 Å². The van der Waals surface area contributed by atoms with E-state index in [1.165, 1.54) is 6.07 Å². The van der Waals surface area contributed by atoms with Gasteiger partial charge in [0.25, 0.3) is 0 Å². The second-order valence-electron chi connectivity index (χ2n) is 5.89. The third-order valence-electron chi connectivity index (χ3n) is 4.05. The summed E-state index contributed by atoms with van der Waals surface area (Å²) in [5.41, 5.74) is -1.46. The molecule has 1 unspecified atom stereocenters. The molecule has 0 bridgehead atoms. The van der Waals surface area contributed by atoms with Gasteiger partial charge >= 0.3 is 6.18 Å². The standard InChI is InChI=1S/C15H21F3O/c1-5-14(4,19)13(2,3)10-11-7-6-8-12(9-11)15(16,17)18/h6-9,19H,5,10H2,1-4H3. The molecule has 108 valence electrons. The Morgan fingerprint density at radius 1 is 1.11 bits per heavy atom. The predicted molar refractivity (Wildman–Crippen MR) is 69.8 cm³/mol. The summed E-state index contributed by atoms with van der Waals surface area (Å²) in [6, 6.07) is 5.31. The lowest BCUT2D eigenvalue weighted by Gasteiger charge is -2.40. The van der Waals surface area contributed by atoms with E-state index < -0.39 is 22.8 Å². The van der Waals surface area contributed by atoms with Gasteiger partial charge in [0.1, 0.15) is 0 Å². The van der Waals surface area contributed by atoms with Crippen LogP contribution in [0, 0.1) is 5.41 Å². The molecule has 0 radical (unpaired) electrons. The van der Waals surface area contributed by atoms with E-state index in [-0.39, 0.29) is 0 Å². The minimum atomic E-state index is -4.33. The zero-order chi connectivity index (χ0) is 14.9. The fraction of sp³-hybridized carbons (Fsp3) is 0.600. The first-order valence-electron chi connectivity index (χ1n) is 6.38. The highest BCUT2D eigenvalue weighted by Gasteiger charge is 2.38. The molecule has 1 rings (SSSR count). The zero-order valence-corrected chi connectivity index (χ0v) is 11.8. The fourth-order valence-corrected chi connectivity index (χ4v) is 2.04. The van der Waals surface area contributed by atoms with Crippen molar-refractivity contribution in [2.24, 2.45) is 5.41 Å². The van der Waals surface area contributed by atoms with Gasteiger partial charge in [0.05, 0.1) is 11.2 Å². The van der Waals surface area contributed by atoms with E-state index in [0.717, 1.165) is 12.1 Å². The van der Waals surface area contributed by atoms with Crippen molar-refractivity contribution < 1.29 is 18.3 Å². The van der Waals surface area contributed by atoms with Crippen LogP contribution in [0.4, 0.5) is 13.2 Å². The molecule has 1 aromatic carbocycles. The van der Waals surface area contributed by atoms with Crippen LogP contribution in [0.25, 0.3) is 0 Å². The minimum Gasteiger partial charge on any atom is -0.390 e. The molecule has 0 aromatic heterocycles. The summed E-state index contributed by atoms with van der Waals surface area (Å²) in [6.07, 6.45) is -3.37. The third-order valence-corrected chi connectivity index (χ3v) is 4.05. The van der Waals surface area contributed by atoms with Crippen LogP contribution in [0.1, 0.15) is 45.2 Å². The summed E-state index contributed by atoms with van der Waals surface area (Å²) in [6.45, 7) is 7.34. The maximum Gasteiger partial charge on any atom is 0.416 e. The third kappa shape index (κ3) is 3.72. The van der Waals surface area contributed by atoms with E-state index in [1.807, 2.05) is 20.8 Å². The first kappa shape index (κ1) is 16.0. The van der Waals surface area contributed by atoms with Gasteiger partial charge in [-0.3, -0.25) is 0 Å². The van der Waals surface area contributed by atoms with Gasteiger partial charge in [0.2, 0.25) is 0 Å². The lowest BCUT2D eigenvalue weighted by Crippen LogP contribution is -2.42. The van der Waals surface area contributed by atoms with Crippen LogP contribution in [0.5, 0.6) is 0 Å². The Labute approximate surface area is 112 Å². The van der Waals surface area contributed by atoms with Crippen molar-refractivity contribution in [3.63, 3.8) is 0 Å². The summed E-state index contributed by atoms with van der Waals surface area (Å²) in [4.78, 5) is 0. The second kappa shape index (κ2) is 5.16. The Kier molecular flexibility index (Phi) is 4.35. The van der Waals surface area contributed by atoms with Crippen LogP contribution in [-0.4, -0.2) is 10.7 Å². The lowest BCUT2D eigenvalue weighted by molar-refractivity contribution is -0.137. The number of aliphatic hydroxyl groups is 1. The van der Waals surface area contributed by atoms with Crippen LogP contribution in [0.2, 0.25) is 0 Å². The Bertz CT molecular complexity index is 433. The number of benzene rings is 1. The van der Waals surface area contributed by atoms with Gasteiger partial charge in [-0.1, -0.05) is 39.0 Å². The largest absolute Gasteiger partial charge is 0.416 e. The van der Waals surface area contributed by atoms with E-state index in [0.29, 0.717) is 18.4 Å². The molecular formula is C15H21F3O. The smallest absolute Gasteiger partial charge is 0.390 e. The van der Waals surface area contributed by atoms with E-state index >= 15 is 0 Å². The first-order valence-corrected chi connectivity index (χ1v) is 6.38. The zero-order valence-electron chi connectivity index (χ0n) is 11.8. The van der Waals surface area contributed by atoms with Gasteiger partial charge < -0.3 is 5.11 Å². The Hall–Kier alpha value is -1.03. The van der Waals surface area contributed by atoms with Crippen LogP contribution < -0.4 is 0 Å². The summed E-state index contributed by atoms with van der Waals surface area (Å²) >= 11 is 0. The molecule has 1 nitrogen and oxygen atoms in total. The monoisotopic (exact) mass is 274 g/mol. The molecule has 0 saturated heterocycles. The highest BCUT2D eigenvalue weighted by atomic mass is 19.4. The van der Waals surface area contributed by atoms with Crippen LogP contribution >= 0.6 is 0 Å². The average Bonchev–Trinajstić information content (AvgIpc) is 2.27. The van der Waals surface area contributed by atoms with Gasteiger partial charge in [-0.2, -0.15) is 13.2 Å². The van der Waals surface area contributed by atoms with E-state index in [4.69, 9.17) is 0 Å². The fourth-order valence-electron chi connectivity index (χ4n) is 2.04. The molecule has 4 heteroatoms. The molecule has 0 fully saturated rings. The van der Waals surface area contributed by atoms with Crippen molar-refractivity contribution in [3.05, 3.63) is 35.4 Å². The van der Waals surface area contributed by atoms with E-state index in [2.05, 4.69) is 0 Å². The second-order valence-corrected chi connectivity index (χ2v) is 5.89. The maximum absolute atomic E-state index is 12.7. The van der Waals surface area contributed by atoms with Crippen molar-refractivity contribution in [2.45, 2.75) is 52.3 Å². The molecule has 0 saturated carbocycles. The summed E-state index contributed by atoms with van der Waals surface area (Å²) in [5, 5.41) is 10.3. The molecular weight excluding hydrogens is 253 g/mol. The number of rotatable bonds is 4. The van der Waals surface area contributed by atoms with Crippen LogP contribution in [0.15, 0.2) is 24.3 Å². The van der Waals surface area contributed by atoms with Crippen molar-refractivity contribution in [3.8, 4) is 0 Å². The highest BCUT2D eigenvalue weighted by molar-refractivity contribution is 5.26. The SMILES string of the molecule is CCC(C)(O)C(C)(C)Cc1cccc(C(F)(F)F)c1. The Balaban J connectivity index is 3.01. The normalized spacial score (nSPS) is 16.2. The van der Waals surface area contributed by atoms with Crippen LogP contribution in [0.3, 0.4) is 0 Å². The van der Waals surface area contributed by atoms with Crippen molar-refractivity contribution in [2.75, 3.05) is 0 Å². The van der Waals surface area contributed by atoms with Gasteiger partial charge in [0, 0.05) is 0 Å². The molecule has 0 aliphatic carbocycles. The summed E-state index contributed by atoms with van der Waals surface area (Å²) in [7, 11) is 0. The number of hydrogen-bond donors (Lipinski definition) is 1. The maximum atomic E-state index is 12.7. The molecule has 1 aromatic rings. The molecule has 0 amide bonds. The summed E-state index contributed by atoms with van der Waals surface area (Å²) in [5.74, 6) is 0. The molecule has 19 heavy (non-hydrogen) atoms. The van der Waals surface area contributed by atoms with Crippen molar-refractivity contribution >= 4 is 0 Å². The van der Waals surface area contributed by atoms with E-state index in [9.17, 15) is 18.3 Å². The Morgan fingerprint density at radius 3 is 2.16 bits per heavy atom. The lowest BCUT2D eigenvalue weighted by atomic mass is 9.70. The van der Waals surface area contributed by atoms with Crippen molar-refractivity contribution in [1.29, 1.82) is 0 Å². The number of alkyl halides is 3. The van der Waals surface area contributed by atoms with Gasteiger partial charge in [-0.05, 0) is 36.8 Å². The molecule has 1 atom stereocenters. The Morgan fingerprint density at radius 2 is 1.68 bits per heavy atom. The van der Waals surface area contributed by atoms with Gasteiger partial charge in [-0.15, -0.1) is 0 Å². The highest BCUT2D eigenvalue weighted by Crippen LogP contribution is 2.37. The molecule has 0 aliphatic heterocycles. The quantitative estimate of drug-likeness (QED) is 0.860. The molecule has 0 heterocycles. The number of halogens is 3. The molecule has 0 spiro atoms.